The minimum atomic E-state index is -2.84. The predicted octanol–water partition coefficient (Wildman–Crippen LogP) is 6.26. The number of carbonyl (C=O) groups excluding carboxylic acids is 2. The fraction of sp³-hybridized carbons (Fsp3) is 0.545. The molecular formula is C33H42F2N4O3. The van der Waals surface area contributed by atoms with Crippen LogP contribution in [0.4, 0.5) is 8.78 Å². The van der Waals surface area contributed by atoms with E-state index in [0.717, 1.165) is 30.6 Å². The molecule has 0 spiro atoms. The highest BCUT2D eigenvalue weighted by atomic mass is 19.3. The van der Waals surface area contributed by atoms with Crippen molar-refractivity contribution in [2.45, 2.75) is 109 Å². The number of aliphatic imine (C=N–C) groups is 1. The van der Waals surface area contributed by atoms with Crippen LogP contribution in [0, 0.1) is 5.92 Å². The maximum atomic E-state index is 14.3. The van der Waals surface area contributed by atoms with Gasteiger partial charge in [-0.25, -0.2) is 13.8 Å². The Kier molecular flexibility index (Phi) is 8.32. The van der Waals surface area contributed by atoms with Crippen LogP contribution in [-0.4, -0.2) is 29.4 Å². The summed E-state index contributed by atoms with van der Waals surface area (Å²) in [5.74, 6) is -1.30. The van der Waals surface area contributed by atoms with Crippen LogP contribution in [-0.2, 0) is 17.1 Å². The number of rotatable bonds is 6. The minimum Gasteiger partial charge on any atom is -0.487 e. The topological polar surface area (TPSA) is 106 Å². The summed E-state index contributed by atoms with van der Waals surface area (Å²) >= 11 is 0. The number of nitrogens with two attached hydrogens (primary N) is 1. The zero-order valence-electron chi connectivity index (χ0n) is 24.9. The van der Waals surface area contributed by atoms with Gasteiger partial charge in [0.05, 0.1) is 12.1 Å². The van der Waals surface area contributed by atoms with Crippen LogP contribution in [0.25, 0.3) is 0 Å². The Balaban J connectivity index is 0.00000173. The molecule has 2 aliphatic heterocycles. The summed E-state index contributed by atoms with van der Waals surface area (Å²) in [5.41, 5.74) is 8.40. The van der Waals surface area contributed by atoms with E-state index in [-0.39, 0.29) is 41.8 Å². The molecule has 0 aromatic heterocycles. The molecule has 1 saturated carbocycles. The number of benzene rings is 2. The summed E-state index contributed by atoms with van der Waals surface area (Å²) in [6, 6.07) is 10.5. The fourth-order valence-electron chi connectivity index (χ4n) is 6.64. The van der Waals surface area contributed by atoms with Gasteiger partial charge in [0.2, 0.25) is 5.91 Å². The van der Waals surface area contributed by atoms with E-state index in [2.05, 4.69) is 27.8 Å². The van der Waals surface area contributed by atoms with Gasteiger partial charge in [0.25, 0.3) is 11.8 Å². The van der Waals surface area contributed by atoms with E-state index in [9.17, 15) is 18.4 Å². The number of carbonyl (C=O) groups is 2. The van der Waals surface area contributed by atoms with Gasteiger partial charge in [-0.15, -0.1) is 0 Å². The summed E-state index contributed by atoms with van der Waals surface area (Å²) in [7, 11) is 0. The van der Waals surface area contributed by atoms with Gasteiger partial charge in [-0.2, -0.15) is 0 Å². The first-order chi connectivity index (χ1) is 20.0. The summed E-state index contributed by atoms with van der Waals surface area (Å²) in [4.78, 5) is 29.5. The maximum Gasteiger partial charge on any atom is 0.273 e. The van der Waals surface area contributed by atoms with Crippen LogP contribution in [0.2, 0.25) is 0 Å². The van der Waals surface area contributed by atoms with Gasteiger partial charge in [-0.3, -0.25) is 14.9 Å². The number of halogens is 2. The normalized spacial score (nSPS) is 26.6. The van der Waals surface area contributed by atoms with Crippen molar-refractivity contribution in [3.63, 3.8) is 0 Å². The molecule has 1 fully saturated rings. The van der Waals surface area contributed by atoms with Gasteiger partial charge < -0.3 is 15.8 Å². The van der Waals surface area contributed by atoms with Crippen LogP contribution in [0.3, 0.4) is 0 Å². The third kappa shape index (κ3) is 6.45. The molecule has 0 saturated heterocycles. The molecule has 9 heteroatoms. The second kappa shape index (κ2) is 11.7. The number of alkyl halides is 2. The first kappa shape index (κ1) is 30.0. The number of fused-ring (bicyclic) bond motifs is 2. The molecular weight excluding hydrogens is 538 g/mol. The van der Waals surface area contributed by atoms with Crippen LogP contribution >= 0.6 is 0 Å². The second-order valence-corrected chi connectivity index (χ2v) is 12.4. The van der Waals surface area contributed by atoms with Crippen molar-refractivity contribution < 1.29 is 23.1 Å². The van der Waals surface area contributed by atoms with Crippen LogP contribution in [0.1, 0.15) is 117 Å². The number of nitrogens with zero attached hydrogens (tertiary/aromatic N) is 1. The van der Waals surface area contributed by atoms with Crippen LogP contribution in [0.15, 0.2) is 41.4 Å². The van der Waals surface area contributed by atoms with Crippen molar-refractivity contribution in [1.82, 2.24) is 10.6 Å². The third-order valence-corrected chi connectivity index (χ3v) is 8.73. The average Bonchev–Trinajstić information content (AvgIpc) is 3.71. The van der Waals surface area contributed by atoms with E-state index in [0.29, 0.717) is 48.6 Å². The molecule has 0 radical (unpaired) electrons. The molecule has 7 nitrogen and oxygen atoms in total. The largest absolute Gasteiger partial charge is 0.487 e. The number of hydrogen-bond donors (Lipinski definition) is 3. The SMILES string of the molecule is CC.CC1(C)CC(NC(=O)c2ccc3c(c2)CCCC3(F)F)c2cc(C3CC3CCC3CC(=O)NC(N)=N3)ccc2O1. The lowest BCUT2D eigenvalue weighted by atomic mass is 9.86. The predicted molar refractivity (Wildman–Crippen MR) is 159 cm³/mol. The van der Waals surface area contributed by atoms with Crippen molar-refractivity contribution in [2.75, 3.05) is 0 Å². The van der Waals surface area contributed by atoms with E-state index >= 15 is 0 Å². The van der Waals surface area contributed by atoms with Gasteiger partial charge in [-0.1, -0.05) is 26.0 Å². The highest BCUT2D eigenvalue weighted by Crippen LogP contribution is 2.52. The van der Waals surface area contributed by atoms with Crippen molar-refractivity contribution in [3.8, 4) is 5.75 Å². The van der Waals surface area contributed by atoms with E-state index < -0.39 is 11.5 Å². The maximum absolute atomic E-state index is 14.3. The van der Waals surface area contributed by atoms with Crippen molar-refractivity contribution >= 4 is 17.8 Å². The first-order valence-electron chi connectivity index (χ1n) is 15.3. The molecule has 4 aliphatic rings. The number of hydrogen-bond acceptors (Lipinski definition) is 5. The van der Waals surface area contributed by atoms with E-state index in [1.807, 2.05) is 33.8 Å². The van der Waals surface area contributed by atoms with Gasteiger partial charge in [0, 0.05) is 36.0 Å². The summed E-state index contributed by atoms with van der Waals surface area (Å²) in [6.45, 7) is 8.00. The lowest BCUT2D eigenvalue weighted by Gasteiger charge is -2.38. The quantitative estimate of drug-likeness (QED) is 0.375. The zero-order chi connectivity index (χ0) is 30.2. The van der Waals surface area contributed by atoms with Gasteiger partial charge >= 0.3 is 0 Å². The smallest absolute Gasteiger partial charge is 0.273 e. The molecule has 2 aliphatic carbocycles. The van der Waals surface area contributed by atoms with E-state index in [4.69, 9.17) is 10.5 Å². The number of guanidine groups is 1. The lowest BCUT2D eigenvalue weighted by Crippen LogP contribution is -2.43. The summed E-state index contributed by atoms with van der Waals surface area (Å²) in [6.07, 6.45) is 4.64. The van der Waals surface area contributed by atoms with Gasteiger partial charge in [0.15, 0.2) is 5.96 Å². The van der Waals surface area contributed by atoms with Crippen molar-refractivity contribution in [2.24, 2.45) is 16.6 Å². The molecule has 4 N–H and O–H groups in total. The molecule has 42 heavy (non-hydrogen) atoms. The standard InChI is InChI=1S/C31H36F2N4O3.C2H6/c1-30(2)16-25(36-28(39)20-6-9-24-19(12-20)4-3-11-31(24,32)33)23-14-18(7-10-26(23)40-30)22-13-17(22)5-8-21-15-27(38)37-29(34)35-21;1-2/h6-7,9-10,12,14,17,21-22,25H,3-5,8,11,13,15-16H2,1-2H3,(H,36,39)(H3,34,35,37,38);1-2H3. The monoisotopic (exact) mass is 580 g/mol. The summed E-state index contributed by atoms with van der Waals surface area (Å²) < 4.78 is 34.9. The molecule has 4 unspecified atom stereocenters. The van der Waals surface area contributed by atoms with Crippen LogP contribution in [0.5, 0.6) is 5.75 Å². The Hall–Kier alpha value is -3.49. The molecule has 2 aromatic rings. The Morgan fingerprint density at radius 1 is 1.17 bits per heavy atom. The van der Waals surface area contributed by atoms with Gasteiger partial charge in [0.1, 0.15) is 11.4 Å². The number of nitrogens with one attached hydrogen (secondary N) is 2. The lowest BCUT2D eigenvalue weighted by molar-refractivity contribution is -0.120. The highest BCUT2D eigenvalue weighted by molar-refractivity contribution is 5.98. The van der Waals surface area contributed by atoms with Gasteiger partial charge in [-0.05, 0) is 93.2 Å². The van der Waals surface area contributed by atoms with Crippen molar-refractivity contribution in [3.05, 3.63) is 64.2 Å². The zero-order valence-corrected chi connectivity index (χ0v) is 24.9. The highest BCUT2D eigenvalue weighted by Gasteiger charge is 2.41. The molecule has 2 aromatic carbocycles. The molecule has 2 amide bonds. The van der Waals surface area contributed by atoms with Crippen LogP contribution < -0.4 is 21.1 Å². The third-order valence-electron chi connectivity index (χ3n) is 8.73. The molecule has 0 bridgehead atoms. The van der Waals surface area contributed by atoms with E-state index in [1.54, 1.807) is 6.07 Å². The Labute approximate surface area is 246 Å². The number of ether oxygens (including phenoxy) is 1. The Morgan fingerprint density at radius 2 is 1.95 bits per heavy atom. The number of aryl methyl sites for hydroxylation is 1. The summed E-state index contributed by atoms with van der Waals surface area (Å²) in [5, 5.41) is 5.72. The van der Waals surface area contributed by atoms with Crippen molar-refractivity contribution in [1.29, 1.82) is 0 Å². The average molecular weight is 581 g/mol. The Bertz CT molecular complexity index is 1390. The Morgan fingerprint density at radius 3 is 2.71 bits per heavy atom. The molecule has 226 valence electrons. The minimum absolute atomic E-state index is 0.0403. The molecule has 6 rings (SSSR count). The number of amides is 2. The fourth-order valence-corrected chi connectivity index (χ4v) is 6.64. The molecule has 2 heterocycles. The second-order valence-electron chi connectivity index (χ2n) is 12.4. The first-order valence-corrected chi connectivity index (χ1v) is 15.3. The molecule has 4 atom stereocenters. The van der Waals surface area contributed by atoms with E-state index in [1.165, 1.54) is 17.7 Å².